The molecule has 0 aliphatic carbocycles. The maximum Gasteiger partial charge on any atom is 0.252 e. The van der Waals surface area contributed by atoms with Gasteiger partial charge in [-0.05, 0) is 31.5 Å². The number of methoxy groups -OCH3 is 1. The minimum atomic E-state index is -0.650. The fourth-order valence-electron chi connectivity index (χ4n) is 2.11. The molecular weight excluding hydrogens is 242 g/mol. The summed E-state index contributed by atoms with van der Waals surface area (Å²) >= 11 is 0. The van der Waals surface area contributed by atoms with Crippen LogP contribution in [-0.2, 0) is 11.2 Å². The Kier molecular flexibility index (Phi) is 3.74. The van der Waals surface area contributed by atoms with E-state index in [-0.39, 0.29) is 5.91 Å². The molecule has 1 aromatic rings. The van der Waals surface area contributed by atoms with Gasteiger partial charge in [0.05, 0.1) is 7.11 Å². The molecule has 1 aliphatic rings. The van der Waals surface area contributed by atoms with Crippen LogP contribution in [0.1, 0.15) is 19.4 Å². The molecule has 0 spiro atoms. The second-order valence-electron chi connectivity index (χ2n) is 4.76. The average molecular weight is 261 g/mol. The molecule has 1 fully saturated rings. The van der Waals surface area contributed by atoms with Crippen molar-refractivity contribution in [2.24, 2.45) is 4.99 Å². The van der Waals surface area contributed by atoms with E-state index in [1.54, 1.807) is 7.11 Å². The van der Waals surface area contributed by atoms with Crippen molar-refractivity contribution in [2.75, 3.05) is 13.7 Å². The first kappa shape index (κ1) is 13.4. The number of hydrogen-bond acceptors (Lipinski definition) is 3. The SMILES string of the molecule is CCN=C1NC(=O)C(C)(Cc2ccc(OC)cc2)N1. The number of ether oxygens (including phenoxy) is 1. The van der Waals surface area contributed by atoms with Crippen molar-refractivity contribution < 1.29 is 9.53 Å². The van der Waals surface area contributed by atoms with Crippen LogP contribution in [0.2, 0.25) is 0 Å². The number of carbonyl (C=O) groups is 1. The van der Waals surface area contributed by atoms with Crippen molar-refractivity contribution in [3.8, 4) is 5.75 Å². The lowest BCUT2D eigenvalue weighted by atomic mass is 9.93. The molecule has 0 bridgehead atoms. The smallest absolute Gasteiger partial charge is 0.252 e. The summed E-state index contributed by atoms with van der Waals surface area (Å²) in [5.41, 5.74) is 0.423. The summed E-state index contributed by atoms with van der Waals surface area (Å²) in [5.74, 6) is 1.32. The first-order valence-electron chi connectivity index (χ1n) is 6.34. The molecule has 1 aromatic carbocycles. The topological polar surface area (TPSA) is 62.7 Å². The number of aliphatic imine (C=N–C) groups is 1. The third-order valence-corrected chi connectivity index (χ3v) is 3.16. The van der Waals surface area contributed by atoms with Crippen LogP contribution in [0.15, 0.2) is 29.3 Å². The van der Waals surface area contributed by atoms with Crippen LogP contribution in [-0.4, -0.2) is 31.1 Å². The molecule has 1 unspecified atom stereocenters. The van der Waals surface area contributed by atoms with Gasteiger partial charge in [0.25, 0.3) is 5.91 Å². The van der Waals surface area contributed by atoms with Gasteiger partial charge in [-0.25, -0.2) is 0 Å². The summed E-state index contributed by atoms with van der Waals surface area (Å²) in [5, 5.41) is 5.92. The fraction of sp³-hybridized carbons (Fsp3) is 0.429. The van der Waals surface area contributed by atoms with Gasteiger partial charge in [0.2, 0.25) is 0 Å². The van der Waals surface area contributed by atoms with Crippen LogP contribution in [0.5, 0.6) is 5.75 Å². The predicted octanol–water partition coefficient (Wildman–Crippen LogP) is 1.09. The summed E-state index contributed by atoms with van der Waals surface area (Å²) in [6.07, 6.45) is 0.603. The summed E-state index contributed by atoms with van der Waals surface area (Å²) < 4.78 is 5.12. The minimum absolute atomic E-state index is 0.0458. The highest BCUT2D eigenvalue weighted by molar-refractivity contribution is 6.08. The van der Waals surface area contributed by atoms with Crippen molar-refractivity contribution in [3.63, 3.8) is 0 Å². The van der Waals surface area contributed by atoms with Crippen molar-refractivity contribution in [3.05, 3.63) is 29.8 Å². The normalized spacial score (nSPS) is 24.2. The molecule has 5 heteroatoms. The molecule has 0 aromatic heterocycles. The quantitative estimate of drug-likeness (QED) is 0.853. The highest BCUT2D eigenvalue weighted by Crippen LogP contribution is 2.19. The highest BCUT2D eigenvalue weighted by Gasteiger charge is 2.40. The van der Waals surface area contributed by atoms with Crippen LogP contribution in [0.3, 0.4) is 0 Å². The molecule has 2 rings (SSSR count). The Morgan fingerprint density at radius 2 is 2.00 bits per heavy atom. The molecule has 1 saturated heterocycles. The van der Waals surface area contributed by atoms with Gasteiger partial charge in [0, 0.05) is 13.0 Å². The van der Waals surface area contributed by atoms with E-state index in [1.807, 2.05) is 38.1 Å². The van der Waals surface area contributed by atoms with E-state index >= 15 is 0 Å². The second kappa shape index (κ2) is 5.30. The highest BCUT2D eigenvalue weighted by atomic mass is 16.5. The van der Waals surface area contributed by atoms with E-state index in [2.05, 4.69) is 15.6 Å². The molecule has 0 saturated carbocycles. The fourth-order valence-corrected chi connectivity index (χ4v) is 2.11. The maximum atomic E-state index is 12.0. The summed E-state index contributed by atoms with van der Waals surface area (Å²) in [4.78, 5) is 16.2. The van der Waals surface area contributed by atoms with Crippen molar-refractivity contribution in [1.29, 1.82) is 0 Å². The molecule has 1 aliphatic heterocycles. The number of guanidine groups is 1. The summed E-state index contributed by atoms with van der Waals surface area (Å²) in [6, 6.07) is 7.72. The number of amides is 1. The van der Waals surface area contributed by atoms with Crippen LogP contribution < -0.4 is 15.4 Å². The maximum absolute atomic E-state index is 12.0. The van der Waals surface area contributed by atoms with Crippen LogP contribution in [0, 0.1) is 0 Å². The molecule has 102 valence electrons. The first-order valence-corrected chi connectivity index (χ1v) is 6.34. The number of nitrogens with one attached hydrogen (secondary N) is 2. The van der Waals surface area contributed by atoms with Gasteiger partial charge in [-0.1, -0.05) is 12.1 Å². The number of hydrogen-bond donors (Lipinski definition) is 2. The molecule has 1 heterocycles. The molecular formula is C14H19N3O2. The standard InChI is InChI=1S/C14H19N3O2/c1-4-15-13-16-12(18)14(2,17-13)9-10-5-7-11(19-3)8-6-10/h5-8H,4,9H2,1-3H3,(H2,15,16,17,18). The van der Waals surface area contributed by atoms with Crippen molar-refractivity contribution >= 4 is 11.9 Å². The average Bonchev–Trinajstić information content (AvgIpc) is 2.66. The Balaban J connectivity index is 2.12. The third kappa shape index (κ3) is 2.86. The zero-order valence-electron chi connectivity index (χ0n) is 11.5. The lowest BCUT2D eigenvalue weighted by Crippen LogP contribution is -2.45. The third-order valence-electron chi connectivity index (χ3n) is 3.16. The van der Waals surface area contributed by atoms with Gasteiger partial charge in [0.15, 0.2) is 5.96 Å². The van der Waals surface area contributed by atoms with E-state index in [4.69, 9.17) is 4.74 Å². The van der Waals surface area contributed by atoms with E-state index in [1.165, 1.54) is 0 Å². The van der Waals surface area contributed by atoms with Crippen molar-refractivity contribution in [2.45, 2.75) is 25.8 Å². The zero-order valence-corrected chi connectivity index (χ0v) is 11.5. The van der Waals surface area contributed by atoms with Gasteiger partial charge < -0.3 is 10.1 Å². The molecule has 19 heavy (non-hydrogen) atoms. The Bertz CT molecular complexity index is 496. The Hall–Kier alpha value is -2.04. The Morgan fingerprint density at radius 1 is 1.32 bits per heavy atom. The van der Waals surface area contributed by atoms with Gasteiger partial charge in [-0.3, -0.25) is 15.1 Å². The predicted molar refractivity (Wildman–Crippen MR) is 74.4 cm³/mol. The summed E-state index contributed by atoms with van der Waals surface area (Å²) in [7, 11) is 1.63. The van der Waals surface area contributed by atoms with E-state index in [0.717, 1.165) is 11.3 Å². The van der Waals surface area contributed by atoms with Gasteiger partial charge in [0.1, 0.15) is 11.3 Å². The minimum Gasteiger partial charge on any atom is -0.497 e. The van der Waals surface area contributed by atoms with Gasteiger partial charge in [-0.2, -0.15) is 0 Å². The monoisotopic (exact) mass is 261 g/mol. The Morgan fingerprint density at radius 3 is 2.58 bits per heavy atom. The van der Waals surface area contributed by atoms with Crippen LogP contribution >= 0.6 is 0 Å². The molecule has 2 N–H and O–H groups in total. The lowest BCUT2D eigenvalue weighted by molar-refractivity contribution is -0.123. The zero-order chi connectivity index (χ0) is 13.9. The first-order chi connectivity index (χ1) is 9.07. The molecule has 1 atom stereocenters. The van der Waals surface area contributed by atoms with E-state index < -0.39 is 5.54 Å². The van der Waals surface area contributed by atoms with Gasteiger partial charge >= 0.3 is 0 Å². The molecule has 1 amide bonds. The van der Waals surface area contributed by atoms with Crippen LogP contribution in [0.4, 0.5) is 0 Å². The van der Waals surface area contributed by atoms with E-state index in [9.17, 15) is 4.79 Å². The van der Waals surface area contributed by atoms with Gasteiger partial charge in [-0.15, -0.1) is 0 Å². The number of carbonyl (C=O) groups excluding carboxylic acids is 1. The second-order valence-corrected chi connectivity index (χ2v) is 4.76. The molecule has 5 nitrogen and oxygen atoms in total. The number of benzene rings is 1. The number of rotatable bonds is 4. The summed E-state index contributed by atoms with van der Waals surface area (Å²) in [6.45, 7) is 4.45. The van der Waals surface area contributed by atoms with Crippen LogP contribution in [0.25, 0.3) is 0 Å². The lowest BCUT2D eigenvalue weighted by Gasteiger charge is -2.21. The Labute approximate surface area is 113 Å². The van der Waals surface area contributed by atoms with Crippen molar-refractivity contribution in [1.82, 2.24) is 10.6 Å². The number of nitrogens with zero attached hydrogens (tertiary/aromatic N) is 1. The molecule has 0 radical (unpaired) electrons. The van der Waals surface area contributed by atoms with E-state index in [0.29, 0.717) is 18.9 Å². The largest absolute Gasteiger partial charge is 0.497 e.